The number of nitrogens with one attached hydrogen (secondary N) is 1. The monoisotopic (exact) mass is 313 g/mol. The Hall–Kier alpha value is -2.17. The Morgan fingerprint density at radius 1 is 1.00 bits per heavy atom. The fourth-order valence-electron chi connectivity index (χ4n) is 1.97. The lowest BCUT2D eigenvalue weighted by Crippen LogP contribution is -2.10. The first-order valence-corrected chi connectivity index (χ1v) is 7.49. The van der Waals surface area contributed by atoms with Gasteiger partial charge in [-0.25, -0.2) is 0 Å². The minimum absolute atomic E-state index is 0.0822. The topological polar surface area (TPSA) is 62.8 Å². The average molecular weight is 314 g/mol. The predicted octanol–water partition coefficient (Wildman–Crippen LogP) is 4.41. The standard InChI is InChI=1S/C16H12ClN3S/c17-12-5-6-13(20-9-12)15-8-7-14(21-15)10-1-3-11(4-2-10)16(18)19/h1-9H,(H3,18,19). The molecule has 0 aliphatic rings. The van der Waals surface area contributed by atoms with E-state index in [1.54, 1.807) is 17.5 Å². The number of halogens is 1. The summed E-state index contributed by atoms with van der Waals surface area (Å²) in [5, 5.41) is 8.04. The molecule has 5 heteroatoms. The van der Waals surface area contributed by atoms with Gasteiger partial charge in [0.2, 0.25) is 0 Å². The highest BCUT2D eigenvalue weighted by atomic mass is 35.5. The van der Waals surface area contributed by atoms with Crippen molar-refractivity contribution >= 4 is 28.8 Å². The van der Waals surface area contributed by atoms with E-state index in [1.807, 2.05) is 36.4 Å². The molecule has 104 valence electrons. The molecular weight excluding hydrogens is 302 g/mol. The Morgan fingerprint density at radius 3 is 2.33 bits per heavy atom. The maximum atomic E-state index is 7.41. The Labute approximate surface area is 131 Å². The molecule has 0 bridgehead atoms. The number of thiophene rings is 1. The van der Waals surface area contributed by atoms with Crippen molar-refractivity contribution < 1.29 is 0 Å². The summed E-state index contributed by atoms with van der Waals surface area (Å²) in [6.07, 6.45) is 1.65. The molecule has 0 aliphatic heterocycles. The molecule has 0 radical (unpaired) electrons. The van der Waals surface area contributed by atoms with E-state index in [0.29, 0.717) is 5.02 Å². The van der Waals surface area contributed by atoms with Gasteiger partial charge in [0, 0.05) is 16.6 Å². The quantitative estimate of drug-likeness (QED) is 0.555. The zero-order valence-electron chi connectivity index (χ0n) is 11.0. The van der Waals surface area contributed by atoms with Crippen molar-refractivity contribution in [3.05, 3.63) is 65.3 Å². The van der Waals surface area contributed by atoms with Gasteiger partial charge in [-0.1, -0.05) is 35.9 Å². The van der Waals surface area contributed by atoms with Crippen LogP contribution in [0.2, 0.25) is 5.02 Å². The number of amidine groups is 1. The van der Waals surface area contributed by atoms with Crippen molar-refractivity contribution in [3.8, 4) is 21.0 Å². The van der Waals surface area contributed by atoms with Gasteiger partial charge in [0.15, 0.2) is 0 Å². The molecule has 3 aromatic rings. The van der Waals surface area contributed by atoms with E-state index in [-0.39, 0.29) is 5.84 Å². The van der Waals surface area contributed by atoms with E-state index in [4.69, 9.17) is 22.7 Å². The first-order chi connectivity index (χ1) is 10.1. The van der Waals surface area contributed by atoms with E-state index in [9.17, 15) is 0 Å². The molecule has 0 spiro atoms. The summed E-state index contributed by atoms with van der Waals surface area (Å²) in [5.41, 5.74) is 8.21. The number of nitrogens with two attached hydrogens (primary N) is 1. The second kappa shape index (κ2) is 5.68. The summed E-state index contributed by atoms with van der Waals surface area (Å²) in [6, 6.07) is 15.5. The number of nitrogen functional groups attached to an aromatic ring is 1. The lowest BCUT2D eigenvalue weighted by atomic mass is 10.1. The summed E-state index contributed by atoms with van der Waals surface area (Å²) < 4.78 is 0. The SMILES string of the molecule is N=C(N)c1ccc(-c2ccc(-c3ccc(Cl)cn3)s2)cc1. The number of rotatable bonds is 3. The molecule has 0 aliphatic carbocycles. The van der Waals surface area contributed by atoms with Gasteiger partial charge >= 0.3 is 0 Å². The maximum absolute atomic E-state index is 7.41. The molecule has 0 atom stereocenters. The molecule has 3 nitrogen and oxygen atoms in total. The zero-order chi connectivity index (χ0) is 14.8. The molecule has 0 fully saturated rings. The number of aromatic nitrogens is 1. The van der Waals surface area contributed by atoms with Crippen LogP contribution in [0.1, 0.15) is 5.56 Å². The van der Waals surface area contributed by atoms with Crippen molar-refractivity contribution in [2.24, 2.45) is 5.73 Å². The van der Waals surface area contributed by atoms with Gasteiger partial charge < -0.3 is 5.73 Å². The van der Waals surface area contributed by atoms with Crippen LogP contribution in [0.25, 0.3) is 21.0 Å². The molecule has 2 heterocycles. The number of nitrogens with zero attached hydrogens (tertiary/aromatic N) is 1. The first-order valence-electron chi connectivity index (χ1n) is 6.30. The van der Waals surface area contributed by atoms with Crippen LogP contribution in [0.15, 0.2) is 54.7 Å². The third-order valence-electron chi connectivity index (χ3n) is 3.07. The van der Waals surface area contributed by atoms with Crippen LogP contribution in [0, 0.1) is 5.41 Å². The van der Waals surface area contributed by atoms with Crippen molar-refractivity contribution in [3.63, 3.8) is 0 Å². The van der Waals surface area contributed by atoms with Gasteiger partial charge in [-0.15, -0.1) is 11.3 Å². The highest BCUT2D eigenvalue weighted by molar-refractivity contribution is 7.18. The van der Waals surface area contributed by atoms with Gasteiger partial charge in [-0.3, -0.25) is 10.4 Å². The van der Waals surface area contributed by atoms with Crippen molar-refractivity contribution in [1.82, 2.24) is 4.98 Å². The van der Waals surface area contributed by atoms with Crippen LogP contribution in [-0.2, 0) is 0 Å². The normalized spacial score (nSPS) is 10.5. The van der Waals surface area contributed by atoms with Crippen molar-refractivity contribution in [2.75, 3.05) is 0 Å². The molecule has 21 heavy (non-hydrogen) atoms. The van der Waals surface area contributed by atoms with Crippen LogP contribution < -0.4 is 5.73 Å². The van der Waals surface area contributed by atoms with Crippen LogP contribution in [0.5, 0.6) is 0 Å². The minimum Gasteiger partial charge on any atom is -0.384 e. The molecule has 0 unspecified atom stereocenters. The third-order valence-corrected chi connectivity index (χ3v) is 4.45. The number of hydrogen-bond acceptors (Lipinski definition) is 3. The molecule has 2 aromatic heterocycles. The minimum atomic E-state index is 0.0822. The van der Waals surface area contributed by atoms with Crippen LogP contribution in [0.3, 0.4) is 0 Å². The zero-order valence-corrected chi connectivity index (χ0v) is 12.6. The van der Waals surface area contributed by atoms with E-state index in [2.05, 4.69) is 17.1 Å². The maximum Gasteiger partial charge on any atom is 0.122 e. The van der Waals surface area contributed by atoms with E-state index in [0.717, 1.165) is 26.6 Å². The van der Waals surface area contributed by atoms with Gasteiger partial charge in [-0.2, -0.15) is 0 Å². The van der Waals surface area contributed by atoms with Crippen molar-refractivity contribution in [1.29, 1.82) is 5.41 Å². The number of benzene rings is 1. The highest BCUT2D eigenvalue weighted by Crippen LogP contribution is 2.33. The lowest BCUT2D eigenvalue weighted by Gasteiger charge is -2.00. The molecular formula is C16H12ClN3S. The van der Waals surface area contributed by atoms with Gasteiger partial charge in [0.05, 0.1) is 15.6 Å². The van der Waals surface area contributed by atoms with Gasteiger partial charge in [0.1, 0.15) is 5.84 Å². The van der Waals surface area contributed by atoms with Crippen LogP contribution >= 0.6 is 22.9 Å². The summed E-state index contributed by atoms with van der Waals surface area (Å²) >= 11 is 7.52. The highest BCUT2D eigenvalue weighted by Gasteiger charge is 2.06. The molecule has 0 saturated carbocycles. The fourth-order valence-corrected chi connectivity index (χ4v) is 3.07. The fraction of sp³-hybridized carbons (Fsp3) is 0. The third kappa shape index (κ3) is 2.96. The Kier molecular flexibility index (Phi) is 3.73. The second-order valence-electron chi connectivity index (χ2n) is 4.52. The average Bonchev–Trinajstić information content (AvgIpc) is 2.98. The van der Waals surface area contributed by atoms with Crippen molar-refractivity contribution in [2.45, 2.75) is 0 Å². The smallest absolute Gasteiger partial charge is 0.122 e. The molecule has 3 rings (SSSR count). The van der Waals surface area contributed by atoms with Crippen LogP contribution in [-0.4, -0.2) is 10.8 Å². The Balaban J connectivity index is 1.90. The second-order valence-corrected chi connectivity index (χ2v) is 6.04. The van der Waals surface area contributed by atoms with E-state index < -0.39 is 0 Å². The molecule has 0 saturated heterocycles. The summed E-state index contributed by atoms with van der Waals surface area (Å²) in [5.74, 6) is 0.0822. The Bertz CT molecular complexity index is 776. The van der Waals surface area contributed by atoms with Gasteiger partial charge in [-0.05, 0) is 29.8 Å². The molecule has 3 N–H and O–H groups in total. The van der Waals surface area contributed by atoms with E-state index >= 15 is 0 Å². The lowest BCUT2D eigenvalue weighted by molar-refractivity contribution is 1.34. The first kappa shape index (κ1) is 13.8. The number of pyridine rings is 1. The van der Waals surface area contributed by atoms with Crippen LogP contribution in [0.4, 0.5) is 0 Å². The summed E-state index contributed by atoms with van der Waals surface area (Å²) in [6.45, 7) is 0. The predicted molar refractivity (Wildman–Crippen MR) is 89.0 cm³/mol. The van der Waals surface area contributed by atoms with E-state index in [1.165, 1.54) is 0 Å². The number of hydrogen-bond donors (Lipinski definition) is 2. The Morgan fingerprint density at radius 2 is 1.71 bits per heavy atom. The molecule has 0 amide bonds. The van der Waals surface area contributed by atoms with Gasteiger partial charge in [0.25, 0.3) is 0 Å². The molecule has 1 aromatic carbocycles. The largest absolute Gasteiger partial charge is 0.384 e. The summed E-state index contributed by atoms with van der Waals surface area (Å²) in [7, 11) is 0. The summed E-state index contributed by atoms with van der Waals surface area (Å²) in [4.78, 5) is 6.57.